The average molecular weight is 335 g/mol. The summed E-state index contributed by atoms with van der Waals surface area (Å²) in [6, 6.07) is 0. The zero-order valence-electron chi connectivity index (χ0n) is 16.7. The summed E-state index contributed by atoms with van der Waals surface area (Å²) in [5.41, 5.74) is 1.47. The minimum absolute atomic E-state index is 0.127. The van der Waals surface area contributed by atoms with Gasteiger partial charge < -0.3 is 9.47 Å². The molecule has 0 aliphatic carbocycles. The molecule has 0 saturated carbocycles. The van der Waals surface area contributed by atoms with Crippen molar-refractivity contribution in [3.63, 3.8) is 0 Å². The van der Waals surface area contributed by atoms with Gasteiger partial charge in [-0.25, -0.2) is 0 Å². The van der Waals surface area contributed by atoms with Crippen molar-refractivity contribution in [2.45, 2.75) is 86.4 Å². The molecule has 3 heteroatoms. The summed E-state index contributed by atoms with van der Waals surface area (Å²) in [5, 5.41) is 0. The predicted octanol–water partition coefficient (Wildman–Crippen LogP) is 5.72. The first-order valence-corrected chi connectivity index (χ1v) is 8.92. The van der Waals surface area contributed by atoms with Crippen LogP contribution in [-0.4, -0.2) is 17.7 Å². The maximum atomic E-state index is 12.2. The van der Waals surface area contributed by atoms with Crippen LogP contribution in [0.5, 0.6) is 0 Å². The molecule has 24 heavy (non-hydrogen) atoms. The highest BCUT2D eigenvalue weighted by molar-refractivity contribution is 5.76. The van der Waals surface area contributed by atoms with Crippen molar-refractivity contribution in [1.29, 1.82) is 0 Å². The average Bonchev–Trinajstić information content (AvgIpc) is 2.73. The van der Waals surface area contributed by atoms with Gasteiger partial charge in [-0.15, -0.1) is 0 Å². The first-order valence-electron chi connectivity index (χ1n) is 8.92. The van der Waals surface area contributed by atoms with E-state index in [4.69, 9.17) is 9.47 Å². The highest BCUT2D eigenvalue weighted by Gasteiger charge is 2.39. The quantitative estimate of drug-likeness (QED) is 0.460. The van der Waals surface area contributed by atoms with E-state index in [2.05, 4.69) is 32.9 Å². The fourth-order valence-electron chi connectivity index (χ4n) is 2.48. The zero-order chi connectivity index (χ0) is 18.5. The Morgan fingerprint density at radius 2 is 1.92 bits per heavy atom. The number of esters is 1. The highest BCUT2D eigenvalue weighted by Crippen LogP contribution is 2.35. The molecule has 1 atom stereocenters. The Kier molecular flexibility index (Phi) is 7.03. The van der Waals surface area contributed by atoms with Gasteiger partial charge in [0.25, 0.3) is 0 Å². The Morgan fingerprint density at radius 3 is 2.46 bits per heavy atom. The molecule has 1 rings (SSSR count). The summed E-state index contributed by atoms with van der Waals surface area (Å²) >= 11 is 0. The van der Waals surface area contributed by atoms with Crippen LogP contribution in [0, 0.1) is 5.41 Å². The van der Waals surface area contributed by atoms with E-state index in [1.165, 1.54) is 5.57 Å². The second kappa shape index (κ2) is 8.15. The minimum atomic E-state index is -0.585. The van der Waals surface area contributed by atoms with Crippen molar-refractivity contribution in [2.75, 3.05) is 0 Å². The van der Waals surface area contributed by atoms with E-state index in [9.17, 15) is 4.79 Å². The Hall–Kier alpha value is -1.35. The standard InChI is InChI=1S/C21H34O3/c1-9-11-15(2)12-10-13-16(3)17-14-18(21(7,8)24-17)23-19(22)20(4,5)6/h11,13-14,17H,9-10,12H2,1-8H3/b15-11+,16-13+. The van der Waals surface area contributed by atoms with E-state index in [0.29, 0.717) is 5.76 Å². The first-order chi connectivity index (χ1) is 11.0. The van der Waals surface area contributed by atoms with Crippen LogP contribution in [0.4, 0.5) is 0 Å². The van der Waals surface area contributed by atoms with Crippen molar-refractivity contribution in [3.05, 3.63) is 35.1 Å². The summed E-state index contributed by atoms with van der Waals surface area (Å²) in [4.78, 5) is 12.2. The van der Waals surface area contributed by atoms with Crippen LogP contribution in [0.15, 0.2) is 35.1 Å². The number of carbonyl (C=O) groups is 1. The van der Waals surface area contributed by atoms with Gasteiger partial charge in [0.2, 0.25) is 0 Å². The molecule has 136 valence electrons. The normalized spacial score (nSPS) is 21.7. The van der Waals surface area contributed by atoms with Gasteiger partial charge in [-0.05, 0) is 79.4 Å². The molecule has 3 nitrogen and oxygen atoms in total. The first kappa shape index (κ1) is 20.7. The van der Waals surface area contributed by atoms with Crippen LogP contribution in [-0.2, 0) is 14.3 Å². The van der Waals surface area contributed by atoms with Crippen molar-refractivity contribution < 1.29 is 14.3 Å². The van der Waals surface area contributed by atoms with Gasteiger partial charge in [0.15, 0.2) is 0 Å². The summed E-state index contributed by atoms with van der Waals surface area (Å²) in [5.74, 6) is 0.385. The summed E-state index contributed by atoms with van der Waals surface area (Å²) < 4.78 is 11.7. The summed E-state index contributed by atoms with van der Waals surface area (Å²) in [6.07, 6.45) is 9.44. The third-order valence-corrected chi connectivity index (χ3v) is 4.14. The second-order valence-electron chi connectivity index (χ2n) is 8.16. The fraction of sp³-hybridized carbons (Fsp3) is 0.667. The molecule has 0 amide bonds. The smallest absolute Gasteiger partial charge is 0.316 e. The molecule has 0 N–H and O–H groups in total. The highest BCUT2D eigenvalue weighted by atomic mass is 16.6. The van der Waals surface area contributed by atoms with Gasteiger partial charge in [-0.3, -0.25) is 4.79 Å². The van der Waals surface area contributed by atoms with Crippen LogP contribution in [0.3, 0.4) is 0 Å². The van der Waals surface area contributed by atoms with E-state index >= 15 is 0 Å². The number of hydrogen-bond donors (Lipinski definition) is 0. The number of rotatable bonds is 6. The minimum Gasteiger partial charge on any atom is -0.428 e. The lowest BCUT2D eigenvalue weighted by molar-refractivity contribution is -0.151. The van der Waals surface area contributed by atoms with Gasteiger partial charge in [-0.1, -0.05) is 24.6 Å². The van der Waals surface area contributed by atoms with Crippen LogP contribution >= 0.6 is 0 Å². The van der Waals surface area contributed by atoms with E-state index < -0.39 is 11.0 Å². The third kappa shape index (κ3) is 5.94. The van der Waals surface area contributed by atoms with Gasteiger partial charge in [-0.2, -0.15) is 0 Å². The van der Waals surface area contributed by atoms with E-state index in [1.54, 1.807) is 0 Å². The molecule has 0 aromatic carbocycles. The number of ether oxygens (including phenoxy) is 2. The fourth-order valence-corrected chi connectivity index (χ4v) is 2.48. The molecular formula is C21H34O3. The van der Waals surface area contributed by atoms with E-state index in [0.717, 1.165) is 24.8 Å². The maximum Gasteiger partial charge on any atom is 0.316 e. The van der Waals surface area contributed by atoms with Crippen LogP contribution in [0.1, 0.15) is 74.7 Å². The Labute approximate surface area is 147 Å². The van der Waals surface area contributed by atoms with Crippen LogP contribution in [0.2, 0.25) is 0 Å². The lowest BCUT2D eigenvalue weighted by Crippen LogP contribution is -2.30. The molecule has 1 aliphatic rings. The summed E-state index contributed by atoms with van der Waals surface area (Å²) in [6.45, 7) is 15.8. The Balaban J connectivity index is 2.76. The molecule has 0 bridgehead atoms. The van der Waals surface area contributed by atoms with Crippen molar-refractivity contribution in [2.24, 2.45) is 5.41 Å². The molecule has 0 spiro atoms. The van der Waals surface area contributed by atoms with Gasteiger partial charge in [0.1, 0.15) is 17.5 Å². The zero-order valence-corrected chi connectivity index (χ0v) is 16.7. The lowest BCUT2D eigenvalue weighted by Gasteiger charge is -2.25. The summed E-state index contributed by atoms with van der Waals surface area (Å²) in [7, 11) is 0. The molecule has 0 aromatic rings. The number of allylic oxidation sites excluding steroid dienone is 3. The SMILES string of the molecule is CC/C=C(\C)CC/C=C(\C)C1C=C(OC(=O)C(C)(C)C)C(C)(C)O1. The number of carbonyl (C=O) groups excluding carboxylic acids is 1. The van der Waals surface area contributed by atoms with Gasteiger partial charge in [0, 0.05) is 0 Å². The largest absolute Gasteiger partial charge is 0.428 e. The lowest BCUT2D eigenvalue weighted by atomic mass is 9.97. The van der Waals surface area contributed by atoms with Crippen molar-refractivity contribution in [1.82, 2.24) is 0 Å². The molecule has 0 aromatic heterocycles. The second-order valence-corrected chi connectivity index (χ2v) is 8.16. The molecule has 1 aliphatic heterocycles. The van der Waals surface area contributed by atoms with E-state index in [-0.39, 0.29) is 12.1 Å². The predicted molar refractivity (Wildman–Crippen MR) is 99.6 cm³/mol. The molecular weight excluding hydrogens is 300 g/mol. The maximum absolute atomic E-state index is 12.2. The van der Waals surface area contributed by atoms with Gasteiger partial charge in [0.05, 0.1) is 5.41 Å². The number of hydrogen-bond acceptors (Lipinski definition) is 3. The van der Waals surface area contributed by atoms with Crippen molar-refractivity contribution >= 4 is 5.97 Å². The molecule has 0 radical (unpaired) electrons. The Bertz CT molecular complexity index is 542. The monoisotopic (exact) mass is 334 g/mol. The topological polar surface area (TPSA) is 35.5 Å². The van der Waals surface area contributed by atoms with E-state index in [1.807, 2.05) is 40.7 Å². The van der Waals surface area contributed by atoms with Gasteiger partial charge >= 0.3 is 5.97 Å². The third-order valence-electron chi connectivity index (χ3n) is 4.14. The Morgan fingerprint density at radius 1 is 1.29 bits per heavy atom. The van der Waals surface area contributed by atoms with Crippen LogP contribution < -0.4 is 0 Å². The molecule has 0 fully saturated rings. The molecule has 0 saturated heterocycles. The van der Waals surface area contributed by atoms with Crippen LogP contribution in [0.25, 0.3) is 0 Å². The molecule has 1 unspecified atom stereocenters. The molecule has 1 heterocycles. The van der Waals surface area contributed by atoms with Crippen molar-refractivity contribution in [3.8, 4) is 0 Å².